The van der Waals surface area contributed by atoms with Gasteiger partial charge in [0.25, 0.3) is 0 Å². The van der Waals surface area contributed by atoms with Crippen molar-refractivity contribution in [3.05, 3.63) is 29.6 Å². The molecule has 0 aromatic heterocycles. The minimum atomic E-state index is -0.136. The molecule has 3 atom stereocenters. The van der Waals surface area contributed by atoms with Crippen LogP contribution >= 0.6 is 0 Å². The number of rotatable bonds is 1. The highest BCUT2D eigenvalue weighted by Crippen LogP contribution is 2.28. The van der Waals surface area contributed by atoms with Gasteiger partial charge in [-0.15, -0.1) is 0 Å². The molecule has 1 aromatic rings. The van der Waals surface area contributed by atoms with Crippen LogP contribution in [-0.2, 0) is 0 Å². The fourth-order valence-electron chi connectivity index (χ4n) is 2.57. The highest BCUT2D eigenvalue weighted by atomic mass is 19.1. The Labute approximate surface area is 103 Å². The number of hydrogen-bond acceptors (Lipinski definition) is 2. The van der Waals surface area contributed by atoms with E-state index in [4.69, 9.17) is 5.73 Å². The van der Waals surface area contributed by atoms with E-state index in [1.807, 2.05) is 19.1 Å². The van der Waals surface area contributed by atoms with Crippen molar-refractivity contribution >= 4 is 5.69 Å². The summed E-state index contributed by atoms with van der Waals surface area (Å²) in [5.41, 5.74) is 7.89. The highest BCUT2D eigenvalue weighted by Gasteiger charge is 2.30. The molecule has 2 N–H and O–H groups in total. The summed E-state index contributed by atoms with van der Waals surface area (Å²) in [5.74, 6) is 0.331. The minimum Gasteiger partial charge on any atom is -0.368 e. The zero-order valence-electron chi connectivity index (χ0n) is 10.8. The lowest BCUT2D eigenvalue weighted by Gasteiger charge is -2.43. The molecule has 2 rings (SSSR count). The molecule has 94 valence electrons. The Morgan fingerprint density at radius 2 is 2.06 bits per heavy atom. The van der Waals surface area contributed by atoms with Crippen molar-refractivity contribution in [3.63, 3.8) is 0 Å². The summed E-state index contributed by atoms with van der Waals surface area (Å²) in [5, 5.41) is 0. The zero-order valence-corrected chi connectivity index (χ0v) is 10.8. The van der Waals surface area contributed by atoms with Crippen molar-refractivity contribution in [1.82, 2.24) is 0 Å². The van der Waals surface area contributed by atoms with Crippen LogP contribution in [0.1, 0.15) is 25.8 Å². The Balaban J connectivity index is 2.24. The molecule has 3 unspecified atom stereocenters. The summed E-state index contributed by atoms with van der Waals surface area (Å²) >= 11 is 0. The number of nitrogens with zero attached hydrogens (tertiary/aromatic N) is 1. The van der Waals surface area contributed by atoms with Gasteiger partial charge in [0, 0.05) is 24.3 Å². The van der Waals surface area contributed by atoms with Crippen LogP contribution in [-0.4, -0.2) is 18.6 Å². The first-order valence-electron chi connectivity index (χ1n) is 6.29. The lowest BCUT2D eigenvalue weighted by atomic mass is 9.87. The molecule has 0 amide bonds. The molecule has 1 saturated heterocycles. The number of aryl methyl sites for hydroxylation is 1. The first-order valence-corrected chi connectivity index (χ1v) is 6.29. The van der Waals surface area contributed by atoms with Gasteiger partial charge in [0.2, 0.25) is 0 Å². The van der Waals surface area contributed by atoms with Gasteiger partial charge in [-0.2, -0.15) is 0 Å². The normalized spacial score (nSPS) is 29.5. The maximum atomic E-state index is 13.3. The molecule has 17 heavy (non-hydrogen) atoms. The Kier molecular flexibility index (Phi) is 3.38. The van der Waals surface area contributed by atoms with E-state index >= 15 is 0 Å². The number of anilines is 1. The Morgan fingerprint density at radius 3 is 2.71 bits per heavy atom. The molecule has 1 aliphatic heterocycles. The summed E-state index contributed by atoms with van der Waals surface area (Å²) in [6.07, 6.45) is 1.00. The molecule has 1 aromatic carbocycles. The standard InChI is InChI=1S/C14H21FN2/c1-9-8-12(4-5-13(9)15)17-7-6-14(16)10(2)11(17)3/h4-5,8,10-11,14H,6-7,16H2,1-3H3. The quantitative estimate of drug-likeness (QED) is 0.812. The Hall–Kier alpha value is -1.09. The fourth-order valence-corrected chi connectivity index (χ4v) is 2.57. The van der Waals surface area contributed by atoms with Gasteiger partial charge in [0.05, 0.1) is 0 Å². The fraction of sp³-hybridized carbons (Fsp3) is 0.571. The van der Waals surface area contributed by atoms with E-state index in [1.165, 1.54) is 0 Å². The summed E-state index contributed by atoms with van der Waals surface area (Å²) in [4.78, 5) is 2.33. The molecule has 0 radical (unpaired) electrons. The Bertz CT molecular complexity index is 405. The average molecular weight is 236 g/mol. The molecule has 0 bridgehead atoms. The molecule has 3 heteroatoms. The molecular formula is C14H21FN2. The van der Waals surface area contributed by atoms with E-state index in [-0.39, 0.29) is 11.9 Å². The Morgan fingerprint density at radius 1 is 1.35 bits per heavy atom. The van der Waals surface area contributed by atoms with Crippen LogP contribution in [0.4, 0.5) is 10.1 Å². The topological polar surface area (TPSA) is 29.3 Å². The third-order valence-corrected chi connectivity index (χ3v) is 4.10. The van der Waals surface area contributed by atoms with Crippen LogP contribution in [0.5, 0.6) is 0 Å². The first-order chi connectivity index (χ1) is 8.00. The highest BCUT2D eigenvalue weighted by molar-refractivity contribution is 5.50. The van der Waals surface area contributed by atoms with Crippen LogP contribution in [0.15, 0.2) is 18.2 Å². The lowest BCUT2D eigenvalue weighted by Crippen LogP contribution is -2.51. The molecule has 1 aliphatic rings. The van der Waals surface area contributed by atoms with Crippen LogP contribution in [0.3, 0.4) is 0 Å². The van der Waals surface area contributed by atoms with Crippen molar-refractivity contribution in [3.8, 4) is 0 Å². The van der Waals surface area contributed by atoms with Gasteiger partial charge in [-0.05, 0) is 49.9 Å². The molecule has 0 spiro atoms. The summed E-state index contributed by atoms with van der Waals surface area (Å²) in [7, 11) is 0. The zero-order chi connectivity index (χ0) is 12.6. The second-order valence-corrected chi connectivity index (χ2v) is 5.18. The van der Waals surface area contributed by atoms with Crippen LogP contribution < -0.4 is 10.6 Å². The van der Waals surface area contributed by atoms with Crippen molar-refractivity contribution in [2.45, 2.75) is 39.3 Å². The summed E-state index contributed by atoms with van der Waals surface area (Å²) < 4.78 is 13.3. The van der Waals surface area contributed by atoms with Gasteiger partial charge < -0.3 is 10.6 Å². The largest absolute Gasteiger partial charge is 0.368 e. The molecular weight excluding hydrogens is 215 g/mol. The predicted molar refractivity (Wildman–Crippen MR) is 69.7 cm³/mol. The lowest BCUT2D eigenvalue weighted by molar-refractivity contribution is 0.315. The maximum Gasteiger partial charge on any atom is 0.126 e. The van der Waals surface area contributed by atoms with E-state index < -0.39 is 0 Å². The van der Waals surface area contributed by atoms with E-state index in [1.54, 1.807) is 6.07 Å². The van der Waals surface area contributed by atoms with Gasteiger partial charge >= 0.3 is 0 Å². The number of halogens is 1. The van der Waals surface area contributed by atoms with Gasteiger partial charge in [0.1, 0.15) is 5.82 Å². The van der Waals surface area contributed by atoms with Gasteiger partial charge in [-0.25, -0.2) is 4.39 Å². The van der Waals surface area contributed by atoms with Crippen LogP contribution in [0, 0.1) is 18.7 Å². The SMILES string of the molecule is Cc1cc(N2CCC(N)C(C)C2C)ccc1F. The van der Waals surface area contributed by atoms with E-state index in [9.17, 15) is 4.39 Å². The number of piperidine rings is 1. The third kappa shape index (κ3) is 2.29. The number of hydrogen-bond donors (Lipinski definition) is 1. The van der Waals surface area contributed by atoms with E-state index in [0.717, 1.165) is 18.7 Å². The summed E-state index contributed by atoms with van der Waals surface area (Å²) in [6, 6.07) is 6.03. The van der Waals surface area contributed by atoms with E-state index in [2.05, 4.69) is 18.7 Å². The molecule has 0 aliphatic carbocycles. The molecule has 1 heterocycles. The van der Waals surface area contributed by atoms with E-state index in [0.29, 0.717) is 17.5 Å². The van der Waals surface area contributed by atoms with Crippen LogP contribution in [0.25, 0.3) is 0 Å². The van der Waals surface area contributed by atoms with Crippen molar-refractivity contribution in [2.75, 3.05) is 11.4 Å². The second kappa shape index (κ2) is 4.65. The first kappa shape index (κ1) is 12.4. The van der Waals surface area contributed by atoms with Crippen LogP contribution in [0.2, 0.25) is 0 Å². The van der Waals surface area contributed by atoms with Crippen molar-refractivity contribution < 1.29 is 4.39 Å². The van der Waals surface area contributed by atoms with Gasteiger partial charge in [-0.3, -0.25) is 0 Å². The molecule has 2 nitrogen and oxygen atoms in total. The smallest absolute Gasteiger partial charge is 0.126 e. The van der Waals surface area contributed by atoms with Gasteiger partial charge in [0.15, 0.2) is 0 Å². The average Bonchev–Trinajstić information content (AvgIpc) is 2.30. The molecule has 1 fully saturated rings. The predicted octanol–water partition coefficient (Wildman–Crippen LogP) is 2.70. The van der Waals surface area contributed by atoms with Crippen molar-refractivity contribution in [2.24, 2.45) is 11.7 Å². The minimum absolute atomic E-state index is 0.136. The molecule has 0 saturated carbocycles. The number of nitrogens with two attached hydrogens (primary N) is 1. The van der Waals surface area contributed by atoms with Gasteiger partial charge in [-0.1, -0.05) is 6.92 Å². The monoisotopic (exact) mass is 236 g/mol. The summed E-state index contributed by atoms with van der Waals surface area (Å²) in [6.45, 7) is 7.15. The second-order valence-electron chi connectivity index (χ2n) is 5.18. The van der Waals surface area contributed by atoms with Crippen molar-refractivity contribution in [1.29, 1.82) is 0 Å². The third-order valence-electron chi connectivity index (χ3n) is 4.10. The number of benzene rings is 1. The maximum absolute atomic E-state index is 13.3.